The smallest absolute Gasteiger partial charge is 0.137 e. The first-order valence-electron chi connectivity index (χ1n) is 5.67. The molecule has 0 N–H and O–H groups in total. The molecule has 2 fully saturated rings. The Morgan fingerprint density at radius 1 is 1.27 bits per heavy atom. The standard InChI is InChI=1S/C12H15NOS/c14-12-6-9-2-1-3-10(7-12)13(9)11-4-5-15-8-11/h4-5,8-10H,1-3,6-7H2. The summed E-state index contributed by atoms with van der Waals surface area (Å²) in [4.78, 5) is 14.1. The first-order chi connectivity index (χ1) is 7.34. The Bertz CT molecular complexity index is 344. The van der Waals surface area contributed by atoms with Crippen molar-refractivity contribution in [3.63, 3.8) is 0 Å². The van der Waals surface area contributed by atoms with Crippen LogP contribution >= 0.6 is 11.3 Å². The maximum absolute atomic E-state index is 11.6. The molecule has 2 atom stereocenters. The number of ketones is 1. The number of thiophene rings is 1. The highest BCUT2D eigenvalue weighted by Gasteiger charge is 2.37. The molecule has 3 heteroatoms. The number of hydrogen-bond donors (Lipinski definition) is 0. The van der Waals surface area contributed by atoms with E-state index in [1.54, 1.807) is 11.3 Å². The fraction of sp³-hybridized carbons (Fsp3) is 0.583. The SMILES string of the molecule is O=C1CC2CCCC(C1)N2c1ccsc1. The third-order valence-electron chi connectivity index (χ3n) is 3.59. The topological polar surface area (TPSA) is 20.3 Å². The fourth-order valence-electron chi connectivity index (χ4n) is 3.00. The molecule has 3 rings (SSSR count). The van der Waals surface area contributed by atoms with E-state index in [-0.39, 0.29) is 0 Å². The van der Waals surface area contributed by atoms with E-state index >= 15 is 0 Å². The first-order valence-corrected chi connectivity index (χ1v) is 6.61. The Labute approximate surface area is 93.9 Å². The van der Waals surface area contributed by atoms with Gasteiger partial charge in [-0.2, -0.15) is 11.3 Å². The molecule has 2 saturated heterocycles. The quantitative estimate of drug-likeness (QED) is 0.726. The molecule has 2 unspecified atom stereocenters. The molecule has 0 saturated carbocycles. The molecule has 0 spiro atoms. The third-order valence-corrected chi connectivity index (χ3v) is 4.26. The number of rotatable bonds is 1. The molecular formula is C12H15NOS. The predicted molar refractivity (Wildman–Crippen MR) is 62.5 cm³/mol. The maximum Gasteiger partial charge on any atom is 0.137 e. The molecule has 0 aliphatic carbocycles. The van der Waals surface area contributed by atoms with Crippen LogP contribution in [0.4, 0.5) is 5.69 Å². The maximum atomic E-state index is 11.6. The number of anilines is 1. The molecule has 0 amide bonds. The van der Waals surface area contributed by atoms with Gasteiger partial charge >= 0.3 is 0 Å². The van der Waals surface area contributed by atoms with E-state index in [0.29, 0.717) is 17.9 Å². The molecule has 0 aromatic carbocycles. The number of hydrogen-bond acceptors (Lipinski definition) is 3. The Kier molecular flexibility index (Phi) is 2.28. The zero-order valence-corrected chi connectivity index (χ0v) is 9.50. The van der Waals surface area contributed by atoms with Crippen LogP contribution in [-0.2, 0) is 4.79 Å². The summed E-state index contributed by atoms with van der Waals surface area (Å²) in [5.74, 6) is 0.469. The molecule has 2 bridgehead atoms. The van der Waals surface area contributed by atoms with Crippen molar-refractivity contribution in [2.75, 3.05) is 4.90 Å². The molecule has 2 aliphatic heterocycles. The van der Waals surface area contributed by atoms with Crippen molar-refractivity contribution < 1.29 is 4.79 Å². The molecule has 1 aromatic heterocycles. The monoisotopic (exact) mass is 221 g/mol. The van der Waals surface area contributed by atoms with Gasteiger partial charge < -0.3 is 4.90 Å². The summed E-state index contributed by atoms with van der Waals surface area (Å²) in [6, 6.07) is 3.16. The Hall–Kier alpha value is -0.830. The van der Waals surface area contributed by atoms with Crippen LogP contribution in [0.5, 0.6) is 0 Å². The Morgan fingerprint density at radius 2 is 2.00 bits per heavy atom. The van der Waals surface area contributed by atoms with Crippen LogP contribution < -0.4 is 4.90 Å². The van der Waals surface area contributed by atoms with Crippen molar-refractivity contribution in [2.45, 2.75) is 44.2 Å². The number of Topliss-reactive ketones (excluding diaryl/α,β-unsaturated/α-hetero) is 1. The van der Waals surface area contributed by atoms with Crippen molar-refractivity contribution in [3.8, 4) is 0 Å². The van der Waals surface area contributed by atoms with Gasteiger partial charge in [-0.25, -0.2) is 0 Å². The Morgan fingerprint density at radius 3 is 2.60 bits per heavy atom. The van der Waals surface area contributed by atoms with Crippen LogP contribution in [0.3, 0.4) is 0 Å². The van der Waals surface area contributed by atoms with E-state index in [9.17, 15) is 4.79 Å². The number of fused-ring (bicyclic) bond motifs is 2. The van der Waals surface area contributed by atoms with E-state index in [4.69, 9.17) is 0 Å². The van der Waals surface area contributed by atoms with Crippen molar-refractivity contribution in [1.82, 2.24) is 0 Å². The van der Waals surface area contributed by atoms with Gasteiger partial charge in [-0.3, -0.25) is 4.79 Å². The van der Waals surface area contributed by atoms with Gasteiger partial charge in [0.2, 0.25) is 0 Å². The van der Waals surface area contributed by atoms with E-state index < -0.39 is 0 Å². The van der Waals surface area contributed by atoms with Crippen LogP contribution in [0.25, 0.3) is 0 Å². The van der Waals surface area contributed by atoms with Crippen LogP contribution in [0.15, 0.2) is 16.8 Å². The molecule has 3 heterocycles. The van der Waals surface area contributed by atoms with Crippen LogP contribution in [0.2, 0.25) is 0 Å². The second-order valence-corrected chi connectivity index (χ2v) is 5.35. The summed E-state index contributed by atoms with van der Waals surface area (Å²) < 4.78 is 0. The highest BCUT2D eigenvalue weighted by atomic mass is 32.1. The normalized spacial score (nSPS) is 30.7. The van der Waals surface area contributed by atoms with E-state index in [1.165, 1.54) is 24.9 Å². The largest absolute Gasteiger partial charge is 0.364 e. The lowest BCUT2D eigenvalue weighted by molar-refractivity contribution is -0.121. The minimum atomic E-state index is 0.469. The second kappa shape index (κ2) is 3.63. The van der Waals surface area contributed by atoms with Gasteiger partial charge in [0, 0.05) is 36.0 Å². The van der Waals surface area contributed by atoms with Gasteiger partial charge in [0.1, 0.15) is 5.78 Å². The van der Waals surface area contributed by atoms with E-state index in [2.05, 4.69) is 21.7 Å². The fourth-order valence-corrected chi connectivity index (χ4v) is 3.64. The predicted octanol–water partition coefficient (Wildman–Crippen LogP) is 2.84. The minimum absolute atomic E-state index is 0.469. The van der Waals surface area contributed by atoms with Crippen molar-refractivity contribution in [1.29, 1.82) is 0 Å². The van der Waals surface area contributed by atoms with Crippen molar-refractivity contribution >= 4 is 22.8 Å². The molecule has 80 valence electrons. The molecule has 2 aliphatic rings. The van der Waals surface area contributed by atoms with Crippen molar-refractivity contribution in [3.05, 3.63) is 16.8 Å². The van der Waals surface area contributed by atoms with E-state index in [1.807, 2.05) is 0 Å². The summed E-state index contributed by atoms with van der Waals surface area (Å²) in [5, 5.41) is 4.34. The van der Waals surface area contributed by atoms with Crippen molar-refractivity contribution in [2.24, 2.45) is 0 Å². The van der Waals surface area contributed by atoms with Crippen LogP contribution in [-0.4, -0.2) is 17.9 Å². The zero-order chi connectivity index (χ0) is 10.3. The average molecular weight is 221 g/mol. The van der Waals surface area contributed by atoms with Crippen LogP contribution in [0, 0.1) is 0 Å². The Balaban J connectivity index is 1.91. The molecule has 2 nitrogen and oxygen atoms in total. The molecule has 0 radical (unpaired) electrons. The molecular weight excluding hydrogens is 206 g/mol. The lowest BCUT2D eigenvalue weighted by atomic mass is 9.83. The van der Waals surface area contributed by atoms with Gasteiger partial charge in [-0.1, -0.05) is 0 Å². The van der Waals surface area contributed by atoms with Crippen LogP contribution in [0.1, 0.15) is 32.1 Å². The number of nitrogens with zero attached hydrogens (tertiary/aromatic N) is 1. The van der Waals surface area contributed by atoms with Gasteiger partial charge in [0.05, 0.1) is 0 Å². The summed E-state index contributed by atoms with van der Waals surface area (Å²) in [6.45, 7) is 0. The summed E-state index contributed by atoms with van der Waals surface area (Å²) in [6.07, 6.45) is 5.22. The minimum Gasteiger partial charge on any atom is -0.364 e. The highest BCUT2D eigenvalue weighted by molar-refractivity contribution is 7.08. The molecule has 15 heavy (non-hydrogen) atoms. The third kappa shape index (κ3) is 1.59. The summed E-state index contributed by atoms with van der Waals surface area (Å²) >= 11 is 1.75. The lowest BCUT2D eigenvalue weighted by Crippen LogP contribution is -2.52. The highest BCUT2D eigenvalue weighted by Crippen LogP contribution is 2.36. The second-order valence-electron chi connectivity index (χ2n) is 4.57. The summed E-state index contributed by atoms with van der Waals surface area (Å²) in [7, 11) is 0. The van der Waals surface area contributed by atoms with Gasteiger partial charge in [-0.15, -0.1) is 0 Å². The average Bonchev–Trinajstić information content (AvgIpc) is 2.68. The summed E-state index contributed by atoms with van der Waals surface area (Å²) in [5.41, 5.74) is 1.34. The van der Waals surface area contributed by atoms with E-state index in [0.717, 1.165) is 12.8 Å². The number of piperidine rings is 2. The van der Waals surface area contributed by atoms with Gasteiger partial charge in [0.25, 0.3) is 0 Å². The lowest BCUT2D eigenvalue weighted by Gasteiger charge is -2.46. The zero-order valence-electron chi connectivity index (χ0n) is 8.69. The molecule has 1 aromatic rings. The number of carbonyl (C=O) groups excluding carboxylic acids is 1. The number of carbonyl (C=O) groups is 1. The van der Waals surface area contributed by atoms with Gasteiger partial charge in [0.15, 0.2) is 0 Å². The first kappa shape index (κ1) is 9.40. The van der Waals surface area contributed by atoms with Gasteiger partial charge in [-0.05, 0) is 30.7 Å².